The second-order valence-corrected chi connectivity index (χ2v) is 8.49. The van der Waals surface area contributed by atoms with Crippen molar-refractivity contribution in [3.63, 3.8) is 0 Å². The molecule has 35 heavy (non-hydrogen) atoms. The van der Waals surface area contributed by atoms with Crippen LogP contribution in [0.4, 0.5) is 0 Å². The number of ether oxygens (including phenoxy) is 2. The topological polar surface area (TPSA) is 77.7 Å². The van der Waals surface area contributed by atoms with E-state index in [2.05, 4.69) is 28.3 Å². The molecule has 178 valence electrons. The van der Waals surface area contributed by atoms with Crippen LogP contribution in [0.2, 0.25) is 0 Å². The fraction of sp³-hybridized carbons (Fsp3) is 0.250. The second kappa shape index (κ2) is 10.5. The lowest BCUT2D eigenvalue weighted by molar-refractivity contribution is 0.0570. The van der Waals surface area contributed by atoms with Gasteiger partial charge in [-0.15, -0.1) is 0 Å². The van der Waals surface area contributed by atoms with Crippen molar-refractivity contribution in [1.82, 2.24) is 15.0 Å². The van der Waals surface area contributed by atoms with Crippen LogP contribution < -0.4 is 4.74 Å². The van der Waals surface area contributed by atoms with Gasteiger partial charge in [0.1, 0.15) is 29.4 Å². The third kappa shape index (κ3) is 5.25. The second-order valence-electron chi connectivity index (χ2n) is 8.49. The van der Waals surface area contributed by atoms with Crippen LogP contribution in [0.1, 0.15) is 32.8 Å². The molecule has 2 bridgehead atoms. The highest BCUT2D eigenvalue weighted by molar-refractivity contribution is 6.00. The molecule has 7 nitrogen and oxygen atoms in total. The van der Waals surface area contributed by atoms with Gasteiger partial charge in [0.25, 0.3) is 5.91 Å². The number of amides is 1. The van der Waals surface area contributed by atoms with E-state index >= 15 is 0 Å². The van der Waals surface area contributed by atoms with Gasteiger partial charge in [0.15, 0.2) is 0 Å². The molecule has 1 amide bonds. The number of pyridine rings is 1. The molecule has 0 atom stereocenters. The number of aryl methyl sites for hydroxylation is 1. The lowest BCUT2D eigenvalue weighted by Gasteiger charge is -2.24. The Hall–Kier alpha value is -3.97. The van der Waals surface area contributed by atoms with Crippen LogP contribution in [-0.2, 0) is 17.7 Å². The number of para-hydroxylation sites is 1. The minimum atomic E-state index is -0.141. The average molecular weight is 470 g/mol. The summed E-state index contributed by atoms with van der Waals surface area (Å²) in [5, 5.41) is 4.18. The molecule has 1 aliphatic heterocycles. The molecule has 0 radical (unpaired) electrons. The van der Waals surface area contributed by atoms with E-state index in [9.17, 15) is 4.79 Å². The number of hydrogen-bond donors (Lipinski definition) is 0. The van der Waals surface area contributed by atoms with Gasteiger partial charge in [-0.1, -0.05) is 47.6 Å². The summed E-state index contributed by atoms with van der Waals surface area (Å²) < 4.78 is 17.3. The van der Waals surface area contributed by atoms with E-state index in [1.807, 2.05) is 42.5 Å². The highest BCUT2D eigenvalue weighted by Gasteiger charge is 2.26. The first-order chi connectivity index (χ1) is 17.2. The molecule has 4 aromatic rings. The van der Waals surface area contributed by atoms with Gasteiger partial charge in [0, 0.05) is 37.5 Å². The molecule has 0 aliphatic carbocycles. The van der Waals surface area contributed by atoms with Crippen molar-refractivity contribution < 1.29 is 18.8 Å². The Kier molecular flexibility index (Phi) is 6.86. The Morgan fingerprint density at radius 3 is 2.66 bits per heavy atom. The first-order valence-corrected chi connectivity index (χ1v) is 11.7. The first kappa shape index (κ1) is 22.8. The van der Waals surface area contributed by atoms with Crippen LogP contribution in [0, 0.1) is 6.92 Å². The number of hydrogen-bond acceptors (Lipinski definition) is 6. The van der Waals surface area contributed by atoms with Gasteiger partial charge in [-0.25, -0.2) is 0 Å². The molecule has 0 spiro atoms. The van der Waals surface area contributed by atoms with Gasteiger partial charge in [0.05, 0.1) is 13.2 Å². The molecule has 7 heteroatoms. The Bertz CT molecular complexity index is 1300. The zero-order valence-corrected chi connectivity index (χ0v) is 19.6. The van der Waals surface area contributed by atoms with Crippen LogP contribution in [0.15, 0.2) is 77.6 Å². The molecule has 5 rings (SSSR count). The van der Waals surface area contributed by atoms with E-state index in [1.165, 1.54) is 0 Å². The van der Waals surface area contributed by atoms with Crippen molar-refractivity contribution in [2.75, 3.05) is 26.4 Å². The van der Waals surface area contributed by atoms with E-state index < -0.39 is 0 Å². The molecular formula is C28H27N3O4. The minimum Gasteiger partial charge on any atom is -0.491 e. The zero-order valence-electron chi connectivity index (χ0n) is 19.6. The van der Waals surface area contributed by atoms with Gasteiger partial charge in [-0.3, -0.25) is 9.78 Å². The third-order valence-electron chi connectivity index (χ3n) is 6.04. The predicted octanol–water partition coefficient (Wildman–Crippen LogP) is 4.69. The van der Waals surface area contributed by atoms with Crippen molar-refractivity contribution in [1.29, 1.82) is 0 Å². The summed E-state index contributed by atoms with van der Waals surface area (Å²) in [6.45, 7) is 3.93. The number of carbonyl (C=O) groups excluding carboxylic acids is 1. The summed E-state index contributed by atoms with van der Waals surface area (Å²) in [5.41, 5.74) is 5.11. The van der Waals surface area contributed by atoms with Crippen molar-refractivity contribution in [2.24, 2.45) is 0 Å². The van der Waals surface area contributed by atoms with E-state index in [4.69, 9.17) is 14.0 Å². The maximum absolute atomic E-state index is 13.8. The number of nitrogens with zero attached hydrogens (tertiary/aromatic N) is 3. The molecule has 0 fully saturated rings. The lowest BCUT2D eigenvalue weighted by atomic mass is 10.0. The van der Waals surface area contributed by atoms with E-state index in [0.717, 1.165) is 34.4 Å². The summed E-state index contributed by atoms with van der Waals surface area (Å²) >= 11 is 0. The maximum atomic E-state index is 13.8. The number of benzene rings is 2. The standard InChI is InChI=1S/C28H27N3O4/c1-20-26(27(30-35-20)23-9-11-29-12-10-23)28(32)31-13-14-33-15-16-34-25-8-3-2-7-24(25)18-21-5-4-6-22(17-21)19-31/h2-12,17H,13-16,18-19H2,1H3. The molecular weight excluding hydrogens is 442 g/mol. The molecule has 2 aromatic carbocycles. The van der Waals surface area contributed by atoms with Crippen molar-refractivity contribution in [3.8, 4) is 17.0 Å². The Balaban J connectivity index is 1.46. The smallest absolute Gasteiger partial charge is 0.260 e. The van der Waals surface area contributed by atoms with Crippen LogP contribution in [0.5, 0.6) is 5.75 Å². The van der Waals surface area contributed by atoms with Gasteiger partial charge in [-0.2, -0.15) is 0 Å². The summed E-state index contributed by atoms with van der Waals surface area (Å²) in [7, 11) is 0. The fourth-order valence-electron chi connectivity index (χ4n) is 4.30. The Morgan fingerprint density at radius 2 is 1.77 bits per heavy atom. The average Bonchev–Trinajstić information content (AvgIpc) is 3.27. The van der Waals surface area contributed by atoms with E-state index in [-0.39, 0.29) is 5.91 Å². The molecule has 1 aliphatic rings. The number of fused-ring (bicyclic) bond motifs is 3. The molecule has 3 heterocycles. The van der Waals surface area contributed by atoms with Crippen molar-refractivity contribution in [3.05, 3.63) is 101 Å². The van der Waals surface area contributed by atoms with Crippen LogP contribution in [0.25, 0.3) is 11.3 Å². The summed E-state index contributed by atoms with van der Waals surface area (Å²) in [4.78, 5) is 19.7. The van der Waals surface area contributed by atoms with Gasteiger partial charge in [0.2, 0.25) is 0 Å². The van der Waals surface area contributed by atoms with Gasteiger partial charge < -0.3 is 18.9 Å². The Morgan fingerprint density at radius 1 is 0.943 bits per heavy atom. The fourth-order valence-corrected chi connectivity index (χ4v) is 4.30. The normalized spacial score (nSPS) is 14.5. The molecule has 0 N–H and O–H groups in total. The van der Waals surface area contributed by atoms with Gasteiger partial charge >= 0.3 is 0 Å². The summed E-state index contributed by atoms with van der Waals surface area (Å²) in [6.07, 6.45) is 4.10. The quantitative estimate of drug-likeness (QED) is 0.424. The largest absolute Gasteiger partial charge is 0.491 e. The number of aromatic nitrogens is 2. The monoisotopic (exact) mass is 469 g/mol. The molecule has 2 aromatic heterocycles. The van der Waals surface area contributed by atoms with Crippen LogP contribution in [-0.4, -0.2) is 47.3 Å². The number of rotatable bonds is 2. The maximum Gasteiger partial charge on any atom is 0.260 e. The molecule has 0 unspecified atom stereocenters. The molecule has 0 saturated heterocycles. The zero-order chi connectivity index (χ0) is 24.0. The van der Waals surface area contributed by atoms with E-state index in [1.54, 1.807) is 24.2 Å². The first-order valence-electron chi connectivity index (χ1n) is 11.7. The van der Waals surface area contributed by atoms with Crippen molar-refractivity contribution in [2.45, 2.75) is 19.9 Å². The predicted molar refractivity (Wildman–Crippen MR) is 131 cm³/mol. The molecule has 0 saturated carbocycles. The summed E-state index contributed by atoms with van der Waals surface area (Å²) in [5.74, 6) is 1.22. The Labute approximate surface area is 204 Å². The van der Waals surface area contributed by atoms with Gasteiger partial charge in [-0.05, 0) is 41.8 Å². The number of carbonyl (C=O) groups is 1. The van der Waals surface area contributed by atoms with Crippen LogP contribution in [0.3, 0.4) is 0 Å². The van der Waals surface area contributed by atoms with E-state index in [0.29, 0.717) is 49.9 Å². The minimum absolute atomic E-state index is 0.141. The highest BCUT2D eigenvalue weighted by atomic mass is 16.5. The SMILES string of the molecule is Cc1onc(-c2ccncc2)c1C(=O)N1CCOCCOc2ccccc2Cc2cccc(c2)C1. The van der Waals surface area contributed by atoms with Crippen LogP contribution >= 0.6 is 0 Å². The summed E-state index contributed by atoms with van der Waals surface area (Å²) in [6, 6.07) is 20.1. The highest BCUT2D eigenvalue weighted by Crippen LogP contribution is 2.27. The lowest BCUT2D eigenvalue weighted by Crippen LogP contribution is -2.34. The van der Waals surface area contributed by atoms with Crippen molar-refractivity contribution >= 4 is 5.91 Å². The third-order valence-corrected chi connectivity index (χ3v) is 6.04.